The number of aromatic nitrogens is 4. The Morgan fingerprint density at radius 1 is 1.33 bits per heavy atom. The summed E-state index contributed by atoms with van der Waals surface area (Å²) in [5.74, 6) is -0.292. The third-order valence-corrected chi connectivity index (χ3v) is 3.79. The van der Waals surface area contributed by atoms with Crippen molar-refractivity contribution in [3.63, 3.8) is 0 Å². The highest BCUT2D eigenvalue weighted by Gasteiger charge is 2.15. The number of rotatable bonds is 4. The van der Waals surface area contributed by atoms with Crippen LogP contribution in [-0.2, 0) is 4.74 Å². The first kappa shape index (κ1) is 16.3. The second kappa shape index (κ2) is 7.79. The zero-order valence-electron chi connectivity index (χ0n) is 12.8. The smallest absolute Gasteiger partial charge is 0.269 e. The minimum Gasteiger partial charge on any atom is -0.376 e. The minimum absolute atomic E-state index is 0.180. The van der Waals surface area contributed by atoms with Crippen molar-refractivity contribution in [1.82, 2.24) is 36.4 Å². The van der Waals surface area contributed by atoms with Crippen LogP contribution in [0, 0.1) is 0 Å². The fourth-order valence-corrected chi connectivity index (χ4v) is 2.42. The standard InChI is InChI=1S/C14H17N7O2S/c22-13(17-18-14(24)15-8-12-2-1-7-23-12)10-3-5-11(6-4-10)21-9-16-19-20-21/h3-6,9,12H,1-2,7-8H2,(H,17,22)(H2,15,18,24). The summed E-state index contributed by atoms with van der Waals surface area (Å²) in [5, 5.41) is 14.3. The highest BCUT2D eigenvalue weighted by Crippen LogP contribution is 2.10. The van der Waals surface area contributed by atoms with E-state index in [9.17, 15) is 4.79 Å². The van der Waals surface area contributed by atoms with Crippen molar-refractivity contribution in [2.24, 2.45) is 0 Å². The fourth-order valence-electron chi connectivity index (χ4n) is 2.29. The molecule has 0 aliphatic carbocycles. The molecular weight excluding hydrogens is 330 g/mol. The lowest BCUT2D eigenvalue weighted by Gasteiger charge is -2.14. The molecule has 126 valence electrons. The average molecular weight is 347 g/mol. The maximum atomic E-state index is 12.1. The average Bonchev–Trinajstić information content (AvgIpc) is 3.31. The van der Waals surface area contributed by atoms with Gasteiger partial charge in [-0.2, -0.15) is 0 Å². The summed E-state index contributed by atoms with van der Waals surface area (Å²) in [6.07, 6.45) is 3.76. The number of benzene rings is 1. The number of hydrazine groups is 1. The normalized spacial score (nSPS) is 16.6. The van der Waals surface area contributed by atoms with Crippen LogP contribution in [0.15, 0.2) is 30.6 Å². The van der Waals surface area contributed by atoms with Crippen molar-refractivity contribution < 1.29 is 9.53 Å². The molecular formula is C14H17N7O2S. The van der Waals surface area contributed by atoms with Gasteiger partial charge in [-0.25, -0.2) is 4.68 Å². The maximum absolute atomic E-state index is 12.1. The molecule has 0 bridgehead atoms. The van der Waals surface area contributed by atoms with Crippen molar-refractivity contribution in [2.75, 3.05) is 13.2 Å². The molecule has 1 aliphatic rings. The molecule has 1 unspecified atom stereocenters. The number of carbonyl (C=O) groups is 1. The van der Waals surface area contributed by atoms with Crippen LogP contribution in [0.1, 0.15) is 23.2 Å². The summed E-state index contributed by atoms with van der Waals surface area (Å²) in [5.41, 5.74) is 6.47. The molecule has 1 saturated heterocycles. The summed E-state index contributed by atoms with van der Waals surface area (Å²) in [7, 11) is 0. The Hall–Kier alpha value is -2.59. The Labute approximate surface area is 143 Å². The third kappa shape index (κ3) is 4.24. The van der Waals surface area contributed by atoms with Gasteiger partial charge in [0.1, 0.15) is 6.33 Å². The molecule has 1 fully saturated rings. The SMILES string of the molecule is O=C(NNC(=S)NCC1CCCO1)c1ccc(-n2cnnn2)cc1. The molecule has 1 aromatic heterocycles. The van der Waals surface area contributed by atoms with Gasteiger partial charge in [0.05, 0.1) is 11.8 Å². The van der Waals surface area contributed by atoms with Crippen LogP contribution in [0.25, 0.3) is 5.69 Å². The Bertz CT molecular complexity index is 684. The van der Waals surface area contributed by atoms with E-state index in [2.05, 4.69) is 31.7 Å². The van der Waals surface area contributed by atoms with E-state index in [4.69, 9.17) is 17.0 Å². The predicted octanol–water partition coefficient (Wildman–Crippen LogP) is -0.0498. The van der Waals surface area contributed by atoms with Crippen LogP contribution in [0.3, 0.4) is 0 Å². The largest absolute Gasteiger partial charge is 0.376 e. The van der Waals surface area contributed by atoms with Gasteiger partial charge in [-0.15, -0.1) is 5.10 Å². The van der Waals surface area contributed by atoms with E-state index in [0.717, 1.165) is 25.1 Å². The first-order valence-corrected chi connectivity index (χ1v) is 7.92. The Balaban J connectivity index is 1.45. The first-order chi connectivity index (χ1) is 11.7. The van der Waals surface area contributed by atoms with E-state index in [1.54, 1.807) is 24.3 Å². The van der Waals surface area contributed by atoms with E-state index in [1.807, 2.05) is 0 Å². The number of tetrazole rings is 1. The number of hydrogen-bond acceptors (Lipinski definition) is 6. The van der Waals surface area contributed by atoms with E-state index in [1.165, 1.54) is 11.0 Å². The molecule has 2 aromatic rings. The maximum Gasteiger partial charge on any atom is 0.269 e. The number of ether oxygens (including phenoxy) is 1. The molecule has 9 nitrogen and oxygen atoms in total. The molecule has 24 heavy (non-hydrogen) atoms. The molecule has 3 rings (SSSR count). The Kier molecular flexibility index (Phi) is 5.29. The van der Waals surface area contributed by atoms with Crippen LogP contribution >= 0.6 is 12.2 Å². The summed E-state index contributed by atoms with van der Waals surface area (Å²) >= 11 is 5.11. The van der Waals surface area contributed by atoms with Crippen molar-refractivity contribution in [3.05, 3.63) is 36.2 Å². The van der Waals surface area contributed by atoms with Crippen molar-refractivity contribution in [1.29, 1.82) is 0 Å². The molecule has 0 spiro atoms. The number of nitrogens with zero attached hydrogens (tertiary/aromatic N) is 4. The van der Waals surface area contributed by atoms with E-state index < -0.39 is 0 Å². The second-order valence-corrected chi connectivity index (χ2v) is 5.63. The van der Waals surface area contributed by atoms with Gasteiger partial charge in [0.25, 0.3) is 5.91 Å². The first-order valence-electron chi connectivity index (χ1n) is 7.51. The van der Waals surface area contributed by atoms with E-state index in [0.29, 0.717) is 17.2 Å². The zero-order chi connectivity index (χ0) is 16.8. The van der Waals surface area contributed by atoms with Crippen LogP contribution in [0.5, 0.6) is 0 Å². The van der Waals surface area contributed by atoms with Crippen molar-refractivity contribution in [2.45, 2.75) is 18.9 Å². The van der Waals surface area contributed by atoms with E-state index in [-0.39, 0.29) is 12.0 Å². The minimum atomic E-state index is -0.292. The van der Waals surface area contributed by atoms with Crippen molar-refractivity contribution in [3.8, 4) is 5.69 Å². The third-order valence-electron chi connectivity index (χ3n) is 3.55. The zero-order valence-corrected chi connectivity index (χ0v) is 13.6. The lowest BCUT2D eigenvalue weighted by molar-refractivity contribution is 0.0943. The summed E-state index contributed by atoms with van der Waals surface area (Å²) in [6.45, 7) is 1.42. The van der Waals surface area contributed by atoms with Gasteiger partial charge >= 0.3 is 0 Å². The fraction of sp³-hybridized carbons (Fsp3) is 0.357. The monoisotopic (exact) mass is 347 g/mol. The van der Waals surface area contributed by atoms with Gasteiger partial charge in [-0.05, 0) is 59.8 Å². The predicted molar refractivity (Wildman–Crippen MR) is 89.3 cm³/mol. The van der Waals surface area contributed by atoms with E-state index >= 15 is 0 Å². The molecule has 0 radical (unpaired) electrons. The highest BCUT2D eigenvalue weighted by molar-refractivity contribution is 7.80. The van der Waals surface area contributed by atoms with Gasteiger partial charge < -0.3 is 10.1 Å². The number of carbonyl (C=O) groups excluding carboxylic acids is 1. The number of nitrogens with one attached hydrogen (secondary N) is 3. The molecule has 3 N–H and O–H groups in total. The van der Waals surface area contributed by atoms with Crippen LogP contribution in [-0.4, -0.2) is 50.5 Å². The molecule has 1 amide bonds. The van der Waals surface area contributed by atoms with Gasteiger partial charge in [0.15, 0.2) is 5.11 Å². The number of thiocarbonyl (C=S) groups is 1. The Morgan fingerprint density at radius 3 is 2.83 bits per heavy atom. The highest BCUT2D eigenvalue weighted by atomic mass is 32.1. The molecule has 1 aliphatic heterocycles. The summed E-state index contributed by atoms with van der Waals surface area (Å²) < 4.78 is 6.99. The molecule has 0 saturated carbocycles. The van der Waals surface area contributed by atoms with Crippen LogP contribution in [0.4, 0.5) is 0 Å². The summed E-state index contributed by atoms with van der Waals surface area (Å²) in [4.78, 5) is 12.1. The van der Waals surface area contributed by atoms with Crippen LogP contribution in [0.2, 0.25) is 0 Å². The van der Waals surface area contributed by atoms with Gasteiger partial charge in [0.2, 0.25) is 0 Å². The quantitative estimate of drug-likeness (QED) is 0.522. The van der Waals surface area contributed by atoms with Gasteiger partial charge in [-0.1, -0.05) is 0 Å². The molecule has 2 heterocycles. The van der Waals surface area contributed by atoms with Crippen LogP contribution < -0.4 is 16.2 Å². The van der Waals surface area contributed by atoms with Gasteiger partial charge in [-0.3, -0.25) is 15.6 Å². The lowest BCUT2D eigenvalue weighted by Crippen LogP contribution is -2.48. The summed E-state index contributed by atoms with van der Waals surface area (Å²) in [6, 6.07) is 6.85. The van der Waals surface area contributed by atoms with Crippen molar-refractivity contribution >= 4 is 23.2 Å². The molecule has 1 atom stereocenters. The second-order valence-electron chi connectivity index (χ2n) is 5.23. The molecule has 1 aromatic carbocycles. The topological polar surface area (TPSA) is 106 Å². The number of hydrogen-bond donors (Lipinski definition) is 3. The molecule has 10 heteroatoms. The lowest BCUT2D eigenvalue weighted by atomic mass is 10.2. The van der Waals surface area contributed by atoms with Gasteiger partial charge in [0, 0.05) is 18.7 Å². The Morgan fingerprint density at radius 2 is 2.17 bits per heavy atom. The number of amides is 1.